The van der Waals surface area contributed by atoms with Gasteiger partial charge in [0, 0.05) is 30.2 Å². The number of likely N-dealkylation sites (tertiary alicyclic amines) is 1. The van der Waals surface area contributed by atoms with Gasteiger partial charge in [-0.2, -0.15) is 0 Å². The number of benzene rings is 1. The molecule has 4 nitrogen and oxygen atoms in total. The summed E-state index contributed by atoms with van der Waals surface area (Å²) in [4.78, 5) is 26.7. The average Bonchev–Trinajstić information content (AvgIpc) is 2.96. The maximum Gasteiger partial charge on any atom is 0.303 e. The molecule has 1 aromatic rings. The summed E-state index contributed by atoms with van der Waals surface area (Å²) < 4.78 is 0. The topological polar surface area (TPSA) is 57.6 Å². The van der Waals surface area contributed by atoms with Crippen LogP contribution >= 0.6 is 11.8 Å². The first-order valence-electron chi connectivity index (χ1n) is 7.87. The molecule has 5 heteroatoms. The quantitative estimate of drug-likeness (QED) is 0.927. The molecule has 0 aliphatic carbocycles. The summed E-state index contributed by atoms with van der Waals surface area (Å²) in [6.45, 7) is 1.53. The SMILES string of the molecule is O=C(O)CC[C@@H]1CCCN(C(=O)[C@H]2CSc3ccccc32)C1. The minimum Gasteiger partial charge on any atom is -0.481 e. The molecule has 2 aliphatic heterocycles. The van der Waals surface area contributed by atoms with Crippen LogP contribution in [0.5, 0.6) is 0 Å². The van der Waals surface area contributed by atoms with Crippen LogP contribution in [-0.4, -0.2) is 40.7 Å². The number of aliphatic carboxylic acids is 1. The number of nitrogens with zero attached hydrogens (tertiary/aromatic N) is 1. The highest BCUT2D eigenvalue weighted by Gasteiger charge is 2.34. The Kier molecular flexibility index (Phi) is 4.71. The van der Waals surface area contributed by atoms with E-state index in [9.17, 15) is 9.59 Å². The lowest BCUT2D eigenvalue weighted by atomic mass is 9.91. The Hall–Kier alpha value is -1.49. The predicted molar refractivity (Wildman–Crippen MR) is 86.1 cm³/mol. The number of hydrogen-bond donors (Lipinski definition) is 1. The van der Waals surface area contributed by atoms with Crippen molar-refractivity contribution in [1.29, 1.82) is 0 Å². The molecule has 1 saturated heterocycles. The minimum absolute atomic E-state index is 0.0283. The number of fused-ring (bicyclic) bond motifs is 1. The van der Waals surface area contributed by atoms with E-state index in [0.717, 1.165) is 37.2 Å². The fourth-order valence-corrected chi connectivity index (χ4v) is 4.64. The first kappa shape index (κ1) is 15.4. The van der Waals surface area contributed by atoms with E-state index in [1.54, 1.807) is 11.8 Å². The highest BCUT2D eigenvalue weighted by atomic mass is 32.2. The van der Waals surface area contributed by atoms with E-state index >= 15 is 0 Å². The first-order valence-corrected chi connectivity index (χ1v) is 8.86. The summed E-state index contributed by atoms with van der Waals surface area (Å²) in [5.74, 6) is 0.605. The molecule has 0 unspecified atom stereocenters. The Morgan fingerprint density at radius 1 is 1.32 bits per heavy atom. The molecular weight excluding hydrogens is 298 g/mol. The average molecular weight is 319 g/mol. The highest BCUT2D eigenvalue weighted by molar-refractivity contribution is 7.99. The monoisotopic (exact) mass is 319 g/mol. The van der Waals surface area contributed by atoms with Gasteiger partial charge in [-0.15, -0.1) is 11.8 Å². The summed E-state index contributed by atoms with van der Waals surface area (Å²) >= 11 is 1.76. The molecule has 0 saturated carbocycles. The second-order valence-electron chi connectivity index (χ2n) is 6.13. The van der Waals surface area contributed by atoms with Crippen LogP contribution in [0.4, 0.5) is 0 Å². The van der Waals surface area contributed by atoms with Gasteiger partial charge in [-0.05, 0) is 36.8 Å². The molecule has 1 N–H and O–H groups in total. The van der Waals surface area contributed by atoms with Gasteiger partial charge in [0.15, 0.2) is 0 Å². The van der Waals surface area contributed by atoms with Crippen LogP contribution in [0.2, 0.25) is 0 Å². The van der Waals surface area contributed by atoms with Crippen LogP contribution in [0.1, 0.15) is 37.2 Å². The van der Waals surface area contributed by atoms with Gasteiger partial charge in [-0.25, -0.2) is 0 Å². The van der Waals surface area contributed by atoms with Gasteiger partial charge in [0.2, 0.25) is 5.91 Å². The van der Waals surface area contributed by atoms with E-state index in [-0.39, 0.29) is 18.2 Å². The van der Waals surface area contributed by atoms with E-state index in [2.05, 4.69) is 12.1 Å². The molecule has 2 aliphatic rings. The zero-order chi connectivity index (χ0) is 15.5. The molecule has 1 amide bonds. The van der Waals surface area contributed by atoms with Crippen molar-refractivity contribution in [2.75, 3.05) is 18.8 Å². The Morgan fingerprint density at radius 2 is 2.14 bits per heavy atom. The number of carboxylic acids is 1. The number of rotatable bonds is 4. The number of carboxylic acid groups (broad SMARTS) is 1. The van der Waals surface area contributed by atoms with Crippen molar-refractivity contribution in [3.8, 4) is 0 Å². The van der Waals surface area contributed by atoms with E-state index in [0.29, 0.717) is 12.3 Å². The molecule has 1 aromatic carbocycles. The lowest BCUT2D eigenvalue weighted by molar-refractivity contribution is -0.137. The van der Waals surface area contributed by atoms with Crippen LogP contribution in [0.15, 0.2) is 29.2 Å². The first-order chi connectivity index (χ1) is 10.6. The lowest BCUT2D eigenvalue weighted by Gasteiger charge is -2.34. The van der Waals surface area contributed by atoms with Gasteiger partial charge < -0.3 is 10.0 Å². The van der Waals surface area contributed by atoms with E-state index < -0.39 is 5.97 Å². The van der Waals surface area contributed by atoms with E-state index in [1.807, 2.05) is 17.0 Å². The molecule has 2 heterocycles. The van der Waals surface area contributed by atoms with E-state index in [4.69, 9.17) is 5.11 Å². The van der Waals surface area contributed by atoms with Crippen molar-refractivity contribution in [2.24, 2.45) is 5.92 Å². The second kappa shape index (κ2) is 6.73. The lowest BCUT2D eigenvalue weighted by Crippen LogP contribution is -2.42. The largest absolute Gasteiger partial charge is 0.481 e. The zero-order valence-electron chi connectivity index (χ0n) is 12.5. The Bertz CT molecular complexity index is 575. The molecule has 2 atom stereocenters. The van der Waals surface area contributed by atoms with Gasteiger partial charge in [0.1, 0.15) is 0 Å². The second-order valence-corrected chi connectivity index (χ2v) is 7.19. The molecule has 22 heavy (non-hydrogen) atoms. The third-order valence-corrected chi connectivity index (χ3v) is 5.78. The van der Waals surface area contributed by atoms with Gasteiger partial charge in [-0.3, -0.25) is 9.59 Å². The Labute approximate surface area is 134 Å². The maximum absolute atomic E-state index is 12.8. The summed E-state index contributed by atoms with van der Waals surface area (Å²) in [5, 5.41) is 8.82. The third kappa shape index (κ3) is 3.29. The van der Waals surface area contributed by atoms with Gasteiger partial charge in [-0.1, -0.05) is 18.2 Å². The third-order valence-electron chi connectivity index (χ3n) is 4.60. The minimum atomic E-state index is -0.746. The van der Waals surface area contributed by atoms with Crippen molar-refractivity contribution in [3.63, 3.8) is 0 Å². The predicted octanol–water partition coefficient (Wildman–Crippen LogP) is 2.98. The van der Waals surface area contributed by atoms with Crippen LogP contribution in [0.3, 0.4) is 0 Å². The molecule has 0 bridgehead atoms. The van der Waals surface area contributed by atoms with Gasteiger partial charge in [0.25, 0.3) is 0 Å². The van der Waals surface area contributed by atoms with E-state index in [1.165, 1.54) is 4.90 Å². The molecule has 0 spiro atoms. The summed E-state index contributed by atoms with van der Waals surface area (Å²) in [7, 11) is 0. The summed E-state index contributed by atoms with van der Waals surface area (Å²) in [6.07, 6.45) is 2.90. The van der Waals surface area contributed by atoms with Crippen LogP contribution < -0.4 is 0 Å². The molecule has 0 aromatic heterocycles. The number of carbonyl (C=O) groups is 2. The molecular formula is C17H21NO3S. The normalized spacial score (nSPS) is 24.1. The van der Waals surface area contributed by atoms with Crippen LogP contribution in [0.25, 0.3) is 0 Å². The number of hydrogen-bond acceptors (Lipinski definition) is 3. The molecule has 118 valence electrons. The Morgan fingerprint density at radius 3 is 2.95 bits per heavy atom. The van der Waals surface area contributed by atoms with Crippen LogP contribution in [-0.2, 0) is 9.59 Å². The molecule has 0 radical (unpaired) electrons. The number of amides is 1. The van der Waals surface area contributed by atoms with Crippen molar-refractivity contribution >= 4 is 23.6 Å². The fourth-order valence-electron chi connectivity index (χ4n) is 3.42. The molecule has 3 rings (SSSR count). The van der Waals surface area contributed by atoms with Gasteiger partial charge in [0.05, 0.1) is 5.92 Å². The summed E-state index contributed by atoms with van der Waals surface area (Å²) in [6, 6.07) is 8.15. The van der Waals surface area contributed by atoms with Crippen molar-refractivity contribution in [2.45, 2.75) is 36.5 Å². The van der Waals surface area contributed by atoms with Gasteiger partial charge >= 0.3 is 5.97 Å². The standard InChI is InChI=1S/C17H21NO3S/c19-16(20)8-7-12-4-3-9-18(10-12)17(21)14-11-22-15-6-2-1-5-13(14)15/h1-2,5-6,12,14H,3-4,7-11H2,(H,19,20)/t12-,14-/m0/s1. The van der Waals surface area contributed by atoms with Crippen molar-refractivity contribution in [3.05, 3.63) is 29.8 Å². The zero-order valence-corrected chi connectivity index (χ0v) is 13.3. The maximum atomic E-state index is 12.8. The number of thioether (sulfide) groups is 1. The van der Waals surface area contributed by atoms with Crippen molar-refractivity contribution in [1.82, 2.24) is 4.90 Å². The van der Waals surface area contributed by atoms with Crippen LogP contribution in [0, 0.1) is 5.92 Å². The fraction of sp³-hybridized carbons (Fsp3) is 0.529. The molecule has 1 fully saturated rings. The summed E-state index contributed by atoms with van der Waals surface area (Å²) in [5.41, 5.74) is 1.16. The highest BCUT2D eigenvalue weighted by Crippen LogP contribution is 2.40. The Balaban J connectivity index is 1.64. The van der Waals surface area contributed by atoms with Crippen molar-refractivity contribution < 1.29 is 14.7 Å². The smallest absolute Gasteiger partial charge is 0.303 e. The number of carbonyl (C=O) groups excluding carboxylic acids is 1. The number of piperidine rings is 1.